The van der Waals surface area contributed by atoms with Gasteiger partial charge < -0.3 is 14.3 Å². The molecule has 1 aromatic heterocycles. The Hall–Kier alpha value is -2.74. The maximum absolute atomic E-state index is 13.8. The van der Waals surface area contributed by atoms with E-state index in [9.17, 15) is 23.1 Å². The molecule has 0 spiro atoms. The summed E-state index contributed by atoms with van der Waals surface area (Å²) >= 11 is 0. The zero-order valence-electron chi connectivity index (χ0n) is 16.2. The molecule has 0 fully saturated rings. The van der Waals surface area contributed by atoms with E-state index in [0.29, 0.717) is 16.7 Å². The van der Waals surface area contributed by atoms with E-state index in [-0.39, 0.29) is 23.5 Å². The van der Waals surface area contributed by atoms with Crippen LogP contribution in [0.25, 0.3) is 21.9 Å². The first-order valence-corrected chi connectivity index (χ1v) is 9.16. The van der Waals surface area contributed by atoms with Gasteiger partial charge in [-0.2, -0.15) is 13.2 Å². The van der Waals surface area contributed by atoms with Crippen molar-refractivity contribution < 1.29 is 32.2 Å². The topological polar surface area (TPSA) is 71.7 Å². The largest absolute Gasteiger partial charge is 0.497 e. The van der Waals surface area contributed by atoms with Gasteiger partial charge >= 0.3 is 12.1 Å². The monoisotopic (exact) mass is 409 g/mol. The van der Waals surface area contributed by atoms with Crippen molar-refractivity contribution in [3.05, 3.63) is 42.0 Å². The van der Waals surface area contributed by atoms with Crippen molar-refractivity contribution >= 4 is 27.9 Å². The second-order valence-electron chi connectivity index (χ2n) is 7.38. The lowest BCUT2D eigenvalue weighted by Crippen LogP contribution is -2.45. The standard InChI is InChI=1S/C21H22F3NO4/c1-11(2)8-16(20(26)27)25-19(21(22,23)24)12-4-6-14-15-10-13(28-3)5-7-17(15)29-18(14)9-12/h4-7,9-11,16,19,25H,8H2,1-3H3,(H,26,27). The van der Waals surface area contributed by atoms with E-state index in [1.165, 1.54) is 19.2 Å². The maximum Gasteiger partial charge on any atom is 0.407 e. The summed E-state index contributed by atoms with van der Waals surface area (Å²) in [5.41, 5.74) is 0.709. The summed E-state index contributed by atoms with van der Waals surface area (Å²) < 4.78 is 52.2. The number of fused-ring (bicyclic) bond motifs is 3. The Labute approximate surface area is 165 Å². The highest BCUT2D eigenvalue weighted by Crippen LogP contribution is 2.37. The van der Waals surface area contributed by atoms with Crippen LogP contribution in [0, 0.1) is 5.92 Å². The minimum Gasteiger partial charge on any atom is -0.497 e. The lowest BCUT2D eigenvalue weighted by Gasteiger charge is -2.26. The summed E-state index contributed by atoms with van der Waals surface area (Å²) in [7, 11) is 1.52. The fraction of sp³-hybridized carbons (Fsp3) is 0.381. The van der Waals surface area contributed by atoms with E-state index in [1.54, 1.807) is 38.1 Å². The highest BCUT2D eigenvalue weighted by molar-refractivity contribution is 6.05. The van der Waals surface area contributed by atoms with Crippen LogP contribution in [-0.4, -0.2) is 30.4 Å². The molecular weight excluding hydrogens is 387 g/mol. The average Bonchev–Trinajstić information content (AvgIpc) is 3.00. The van der Waals surface area contributed by atoms with Gasteiger partial charge in [0.15, 0.2) is 0 Å². The van der Waals surface area contributed by atoms with Crippen LogP contribution in [0.15, 0.2) is 40.8 Å². The third-order valence-corrected chi connectivity index (χ3v) is 4.74. The number of ether oxygens (including phenoxy) is 1. The number of aliphatic carboxylic acids is 1. The van der Waals surface area contributed by atoms with Gasteiger partial charge in [-0.05, 0) is 42.2 Å². The number of methoxy groups -OCH3 is 1. The molecule has 0 bridgehead atoms. The van der Waals surface area contributed by atoms with Gasteiger partial charge in [-0.25, -0.2) is 0 Å². The van der Waals surface area contributed by atoms with Crippen LogP contribution in [-0.2, 0) is 4.79 Å². The summed E-state index contributed by atoms with van der Waals surface area (Å²) in [5, 5.41) is 13.0. The highest BCUT2D eigenvalue weighted by Gasteiger charge is 2.43. The second kappa shape index (κ2) is 7.94. The summed E-state index contributed by atoms with van der Waals surface area (Å²) in [6.07, 6.45) is -4.60. The molecule has 2 atom stereocenters. The number of carbonyl (C=O) groups is 1. The molecule has 0 saturated heterocycles. The molecule has 2 aromatic carbocycles. The summed E-state index contributed by atoms with van der Waals surface area (Å²) in [5.74, 6) is -0.785. The van der Waals surface area contributed by atoms with Crippen LogP contribution in [0.4, 0.5) is 13.2 Å². The number of rotatable bonds is 7. The number of carboxylic acid groups (broad SMARTS) is 1. The zero-order valence-corrected chi connectivity index (χ0v) is 16.2. The Morgan fingerprint density at radius 1 is 1.14 bits per heavy atom. The molecule has 0 amide bonds. The fourth-order valence-electron chi connectivity index (χ4n) is 3.37. The molecule has 3 rings (SSSR count). The smallest absolute Gasteiger partial charge is 0.407 e. The number of benzene rings is 2. The molecule has 2 unspecified atom stereocenters. The third-order valence-electron chi connectivity index (χ3n) is 4.74. The van der Waals surface area contributed by atoms with Gasteiger partial charge in [0.25, 0.3) is 0 Å². The van der Waals surface area contributed by atoms with Gasteiger partial charge in [0.2, 0.25) is 0 Å². The van der Waals surface area contributed by atoms with E-state index in [4.69, 9.17) is 9.15 Å². The molecule has 3 aromatic rings. The lowest BCUT2D eigenvalue weighted by atomic mass is 9.99. The maximum atomic E-state index is 13.8. The van der Waals surface area contributed by atoms with Crippen molar-refractivity contribution in [2.45, 2.75) is 38.5 Å². The Bertz CT molecular complexity index is 1030. The van der Waals surface area contributed by atoms with Crippen molar-refractivity contribution in [2.75, 3.05) is 7.11 Å². The van der Waals surface area contributed by atoms with Crippen molar-refractivity contribution in [3.8, 4) is 5.75 Å². The van der Waals surface area contributed by atoms with Crippen molar-refractivity contribution in [3.63, 3.8) is 0 Å². The molecule has 0 saturated carbocycles. The first-order valence-electron chi connectivity index (χ1n) is 9.16. The summed E-state index contributed by atoms with van der Waals surface area (Å²) in [6.45, 7) is 3.52. The van der Waals surface area contributed by atoms with E-state index >= 15 is 0 Å². The van der Waals surface area contributed by atoms with Gasteiger partial charge in [-0.15, -0.1) is 0 Å². The first-order chi connectivity index (χ1) is 13.6. The van der Waals surface area contributed by atoms with Crippen LogP contribution < -0.4 is 10.1 Å². The molecule has 29 heavy (non-hydrogen) atoms. The number of alkyl halides is 3. The van der Waals surface area contributed by atoms with Crippen molar-refractivity contribution in [2.24, 2.45) is 5.92 Å². The predicted molar refractivity (Wildman–Crippen MR) is 103 cm³/mol. The molecule has 8 heteroatoms. The van der Waals surface area contributed by atoms with Gasteiger partial charge in [0.05, 0.1) is 7.11 Å². The van der Waals surface area contributed by atoms with Crippen LogP contribution in [0.3, 0.4) is 0 Å². The molecule has 1 heterocycles. The number of furan rings is 1. The first kappa shape index (κ1) is 21.0. The van der Waals surface area contributed by atoms with Gasteiger partial charge in [0, 0.05) is 10.8 Å². The molecule has 0 aliphatic carbocycles. The van der Waals surface area contributed by atoms with Gasteiger partial charge in [0.1, 0.15) is 29.0 Å². The molecule has 5 nitrogen and oxygen atoms in total. The van der Waals surface area contributed by atoms with Crippen LogP contribution in [0.2, 0.25) is 0 Å². The normalized spacial score (nSPS) is 14.4. The second-order valence-corrected chi connectivity index (χ2v) is 7.38. The quantitative estimate of drug-likeness (QED) is 0.555. The molecular formula is C21H22F3NO4. The average molecular weight is 409 g/mol. The Morgan fingerprint density at radius 2 is 1.86 bits per heavy atom. The van der Waals surface area contributed by atoms with Gasteiger partial charge in [-0.1, -0.05) is 26.0 Å². The third kappa shape index (κ3) is 4.48. The minimum absolute atomic E-state index is 0.0780. The minimum atomic E-state index is -4.67. The van der Waals surface area contributed by atoms with Crippen molar-refractivity contribution in [1.29, 1.82) is 0 Å². The van der Waals surface area contributed by atoms with E-state index < -0.39 is 24.2 Å². The number of hydrogen-bond acceptors (Lipinski definition) is 4. The number of hydrogen-bond donors (Lipinski definition) is 2. The van der Waals surface area contributed by atoms with Crippen molar-refractivity contribution in [1.82, 2.24) is 5.32 Å². The Balaban J connectivity index is 2.03. The van der Waals surface area contributed by atoms with Crippen LogP contribution in [0.5, 0.6) is 5.75 Å². The molecule has 0 radical (unpaired) electrons. The van der Waals surface area contributed by atoms with Crippen LogP contribution in [0.1, 0.15) is 31.9 Å². The Morgan fingerprint density at radius 3 is 2.45 bits per heavy atom. The SMILES string of the molecule is COc1ccc2oc3cc(C(NC(CC(C)C)C(=O)O)C(F)(F)F)ccc3c2c1. The number of carboxylic acids is 1. The molecule has 156 valence electrons. The fourth-order valence-corrected chi connectivity index (χ4v) is 3.37. The number of halogens is 3. The van der Waals surface area contributed by atoms with E-state index in [1.807, 2.05) is 0 Å². The van der Waals surface area contributed by atoms with E-state index in [2.05, 4.69) is 5.32 Å². The van der Waals surface area contributed by atoms with Gasteiger partial charge in [-0.3, -0.25) is 10.1 Å². The number of nitrogens with one attached hydrogen (secondary N) is 1. The zero-order chi connectivity index (χ0) is 21.3. The van der Waals surface area contributed by atoms with E-state index in [0.717, 1.165) is 5.39 Å². The molecule has 0 aliphatic rings. The summed E-state index contributed by atoms with van der Waals surface area (Å²) in [4.78, 5) is 11.5. The van der Waals surface area contributed by atoms with Crippen LogP contribution >= 0.6 is 0 Å². The Kier molecular flexibility index (Phi) is 5.75. The molecule has 2 N–H and O–H groups in total. The summed E-state index contributed by atoms with van der Waals surface area (Å²) in [6, 6.07) is 5.90. The molecule has 0 aliphatic heterocycles. The predicted octanol–water partition coefficient (Wildman–Crippen LogP) is 5.29. The lowest BCUT2D eigenvalue weighted by molar-refractivity contribution is -0.163. The highest BCUT2D eigenvalue weighted by atomic mass is 19.4.